The van der Waals surface area contributed by atoms with Gasteiger partial charge in [0.25, 0.3) is 11.6 Å². The summed E-state index contributed by atoms with van der Waals surface area (Å²) in [7, 11) is 3.10. The van der Waals surface area contributed by atoms with Crippen LogP contribution in [0.25, 0.3) is 0 Å². The van der Waals surface area contributed by atoms with Gasteiger partial charge in [-0.15, -0.1) is 0 Å². The van der Waals surface area contributed by atoms with E-state index in [2.05, 4.69) is 15.7 Å². The van der Waals surface area contributed by atoms with Crippen molar-refractivity contribution >= 4 is 23.2 Å². The van der Waals surface area contributed by atoms with Crippen molar-refractivity contribution in [2.75, 3.05) is 19.0 Å². The number of carbonyl (C=O) groups excluding carboxylic acids is 2. The molecule has 0 atom stereocenters. The number of carbonyl (C=O) groups is 2. The van der Waals surface area contributed by atoms with Crippen molar-refractivity contribution in [3.05, 3.63) is 45.3 Å². The van der Waals surface area contributed by atoms with Gasteiger partial charge in [-0.1, -0.05) is 0 Å². The second-order valence-corrected chi connectivity index (χ2v) is 5.54. The maximum atomic E-state index is 12.3. The molecule has 10 heteroatoms. The number of nitrogens with zero attached hydrogens (tertiary/aromatic N) is 3. The van der Waals surface area contributed by atoms with Crippen LogP contribution in [-0.4, -0.2) is 40.2 Å². The first-order chi connectivity index (χ1) is 12.2. The van der Waals surface area contributed by atoms with Crippen molar-refractivity contribution in [3.8, 4) is 5.75 Å². The Labute approximate surface area is 149 Å². The smallest absolute Gasteiger partial charge is 0.270 e. The molecule has 26 heavy (non-hydrogen) atoms. The summed E-state index contributed by atoms with van der Waals surface area (Å²) < 4.78 is 6.68. The number of anilines is 1. The van der Waals surface area contributed by atoms with Crippen molar-refractivity contribution in [1.82, 2.24) is 15.1 Å². The summed E-state index contributed by atoms with van der Waals surface area (Å²) in [5, 5.41) is 20.2. The molecule has 1 heterocycles. The van der Waals surface area contributed by atoms with Crippen LogP contribution in [0.4, 0.5) is 11.4 Å². The molecule has 2 amide bonds. The highest BCUT2D eigenvalue weighted by Gasteiger charge is 2.19. The van der Waals surface area contributed by atoms with Gasteiger partial charge in [-0.3, -0.25) is 24.4 Å². The Morgan fingerprint density at radius 3 is 2.58 bits per heavy atom. The van der Waals surface area contributed by atoms with Gasteiger partial charge in [-0.25, -0.2) is 0 Å². The molecule has 2 aromatic rings. The van der Waals surface area contributed by atoms with Crippen LogP contribution in [-0.2, 0) is 11.8 Å². The van der Waals surface area contributed by atoms with Gasteiger partial charge in [0.05, 0.1) is 41.2 Å². The highest BCUT2D eigenvalue weighted by atomic mass is 16.6. The first-order valence-corrected chi connectivity index (χ1v) is 7.65. The van der Waals surface area contributed by atoms with E-state index in [0.717, 1.165) is 11.8 Å². The van der Waals surface area contributed by atoms with Gasteiger partial charge < -0.3 is 15.4 Å². The van der Waals surface area contributed by atoms with Crippen LogP contribution < -0.4 is 15.4 Å². The molecule has 0 radical (unpaired) electrons. The van der Waals surface area contributed by atoms with E-state index < -0.39 is 16.7 Å². The van der Waals surface area contributed by atoms with Crippen molar-refractivity contribution in [3.63, 3.8) is 0 Å². The molecule has 0 bridgehead atoms. The molecular weight excluding hydrogens is 342 g/mol. The molecular formula is C16H19N5O5. The highest BCUT2D eigenvalue weighted by Crippen LogP contribution is 2.24. The maximum absolute atomic E-state index is 12.3. The van der Waals surface area contributed by atoms with Gasteiger partial charge in [-0.2, -0.15) is 5.10 Å². The predicted molar refractivity (Wildman–Crippen MR) is 93.3 cm³/mol. The fourth-order valence-corrected chi connectivity index (χ4v) is 2.38. The van der Waals surface area contributed by atoms with Crippen LogP contribution >= 0.6 is 0 Å². The fourth-order valence-electron chi connectivity index (χ4n) is 2.38. The third-order valence-electron chi connectivity index (χ3n) is 3.82. The molecule has 0 spiro atoms. The van der Waals surface area contributed by atoms with Crippen LogP contribution in [0.3, 0.4) is 0 Å². The number of hydrogen-bond acceptors (Lipinski definition) is 6. The molecule has 0 aliphatic rings. The summed E-state index contributed by atoms with van der Waals surface area (Å²) in [4.78, 5) is 34.6. The van der Waals surface area contributed by atoms with Crippen molar-refractivity contribution < 1.29 is 19.2 Å². The van der Waals surface area contributed by atoms with Gasteiger partial charge in [0.1, 0.15) is 5.75 Å². The number of non-ortho nitro benzene ring substituents is 1. The van der Waals surface area contributed by atoms with Gasteiger partial charge in [0.15, 0.2) is 0 Å². The number of hydrogen-bond donors (Lipinski definition) is 2. The predicted octanol–water partition coefficient (Wildman–Crippen LogP) is 1.32. The number of rotatable bonds is 6. The van der Waals surface area contributed by atoms with Gasteiger partial charge >= 0.3 is 0 Å². The van der Waals surface area contributed by atoms with Crippen LogP contribution in [0.2, 0.25) is 0 Å². The molecule has 0 saturated heterocycles. The monoisotopic (exact) mass is 361 g/mol. The summed E-state index contributed by atoms with van der Waals surface area (Å²) in [5.74, 6) is -0.922. The first kappa shape index (κ1) is 18.9. The van der Waals surface area contributed by atoms with Crippen LogP contribution in [0.15, 0.2) is 18.2 Å². The molecule has 0 aliphatic heterocycles. The molecule has 0 unspecified atom stereocenters. The molecule has 0 saturated carbocycles. The lowest BCUT2D eigenvalue weighted by molar-refractivity contribution is -0.384. The number of methoxy groups -OCH3 is 1. The van der Waals surface area contributed by atoms with E-state index in [0.29, 0.717) is 11.4 Å². The molecule has 138 valence electrons. The maximum Gasteiger partial charge on any atom is 0.270 e. The van der Waals surface area contributed by atoms with Gasteiger partial charge in [0, 0.05) is 19.2 Å². The standard InChI is InChI=1S/C16H19N5O5/c1-9-15(10(2)20(3)19-9)18-14(22)8-17-16(23)12-7-11(21(24)25)5-6-13(12)26-4/h5-7H,8H2,1-4H3,(H,17,23)(H,18,22). The zero-order valence-corrected chi connectivity index (χ0v) is 14.8. The normalized spacial score (nSPS) is 10.3. The zero-order valence-electron chi connectivity index (χ0n) is 14.8. The Kier molecular flexibility index (Phi) is 5.55. The first-order valence-electron chi connectivity index (χ1n) is 7.65. The highest BCUT2D eigenvalue weighted by molar-refractivity contribution is 6.01. The number of nitrogens with one attached hydrogen (secondary N) is 2. The molecule has 1 aromatic carbocycles. The van der Waals surface area contributed by atoms with Crippen LogP contribution in [0, 0.1) is 24.0 Å². The molecule has 0 fully saturated rings. The summed E-state index contributed by atoms with van der Waals surface area (Å²) in [6, 6.07) is 3.66. The molecule has 2 rings (SSSR count). The number of aromatic nitrogens is 2. The SMILES string of the molecule is COc1ccc([N+](=O)[O-])cc1C(=O)NCC(=O)Nc1c(C)nn(C)c1C. The third-order valence-corrected chi connectivity index (χ3v) is 3.82. The van der Waals surface area contributed by atoms with Crippen LogP contribution in [0.1, 0.15) is 21.7 Å². The second-order valence-electron chi connectivity index (χ2n) is 5.54. The summed E-state index contributed by atoms with van der Waals surface area (Å²) in [6.45, 7) is 3.26. The lowest BCUT2D eigenvalue weighted by Crippen LogP contribution is -2.33. The lowest BCUT2D eigenvalue weighted by Gasteiger charge is -2.10. The van der Waals surface area contributed by atoms with E-state index in [4.69, 9.17) is 4.74 Å². The molecule has 1 aromatic heterocycles. The number of nitro groups is 1. The molecule has 10 nitrogen and oxygen atoms in total. The number of ether oxygens (including phenoxy) is 1. The second kappa shape index (κ2) is 7.64. The van der Waals surface area contributed by atoms with Gasteiger partial charge in [0.2, 0.25) is 5.91 Å². The number of aryl methyl sites for hydroxylation is 2. The number of benzene rings is 1. The van der Waals surface area contributed by atoms with Crippen LogP contribution in [0.5, 0.6) is 5.75 Å². The zero-order chi connectivity index (χ0) is 19.4. The fraction of sp³-hybridized carbons (Fsp3) is 0.312. The minimum atomic E-state index is -0.652. The van der Waals surface area contributed by atoms with E-state index in [1.165, 1.54) is 19.2 Å². The summed E-state index contributed by atoms with van der Waals surface area (Å²) in [6.07, 6.45) is 0. The minimum absolute atomic E-state index is 0.0248. The molecule has 0 aliphatic carbocycles. The average Bonchev–Trinajstić information content (AvgIpc) is 2.85. The number of amides is 2. The summed E-state index contributed by atoms with van der Waals surface area (Å²) >= 11 is 0. The van der Waals surface area contributed by atoms with Crippen molar-refractivity contribution in [2.24, 2.45) is 7.05 Å². The van der Waals surface area contributed by atoms with E-state index in [1.54, 1.807) is 18.7 Å². The topological polar surface area (TPSA) is 128 Å². The Balaban J connectivity index is 2.07. The van der Waals surface area contributed by atoms with E-state index in [-0.39, 0.29) is 23.5 Å². The Morgan fingerprint density at radius 2 is 2.04 bits per heavy atom. The minimum Gasteiger partial charge on any atom is -0.496 e. The van der Waals surface area contributed by atoms with Crippen molar-refractivity contribution in [1.29, 1.82) is 0 Å². The Morgan fingerprint density at radius 1 is 1.35 bits per heavy atom. The van der Waals surface area contributed by atoms with E-state index >= 15 is 0 Å². The number of nitro benzene ring substituents is 1. The Hall–Kier alpha value is -3.43. The quantitative estimate of drug-likeness (QED) is 0.590. The van der Waals surface area contributed by atoms with E-state index in [9.17, 15) is 19.7 Å². The van der Waals surface area contributed by atoms with Crippen molar-refractivity contribution in [2.45, 2.75) is 13.8 Å². The Bertz CT molecular complexity index is 874. The average molecular weight is 361 g/mol. The molecule has 2 N–H and O–H groups in total. The van der Waals surface area contributed by atoms with E-state index in [1.807, 2.05) is 6.92 Å². The lowest BCUT2D eigenvalue weighted by atomic mass is 10.1. The largest absolute Gasteiger partial charge is 0.496 e. The van der Waals surface area contributed by atoms with Gasteiger partial charge in [-0.05, 0) is 19.9 Å². The summed E-state index contributed by atoms with van der Waals surface area (Å²) in [5.41, 5.74) is 1.75. The third kappa shape index (κ3) is 3.97.